The number of nitrogens with zero attached hydrogens (tertiary/aromatic N) is 2. The van der Waals surface area contributed by atoms with Gasteiger partial charge >= 0.3 is 0 Å². The minimum absolute atomic E-state index is 0.115. The number of ether oxygens (including phenoxy) is 1. The van der Waals surface area contributed by atoms with E-state index in [1.807, 2.05) is 12.1 Å². The molecule has 2 heterocycles. The van der Waals surface area contributed by atoms with Crippen LogP contribution in [0.2, 0.25) is 0 Å². The summed E-state index contributed by atoms with van der Waals surface area (Å²) in [4.78, 5) is 18.3. The lowest BCUT2D eigenvalue weighted by Gasteiger charge is -2.15. The molecule has 2 aromatic rings. The van der Waals surface area contributed by atoms with Crippen LogP contribution >= 0.6 is 27.3 Å². The zero-order chi connectivity index (χ0) is 17.5. The molecule has 1 amide bonds. The molecule has 134 valence electrons. The molecule has 1 N–H and O–H groups in total. The Labute approximate surface area is 160 Å². The summed E-state index contributed by atoms with van der Waals surface area (Å²) in [5.74, 6) is 0.755. The maximum atomic E-state index is 11.8. The van der Waals surface area contributed by atoms with E-state index < -0.39 is 0 Å². The number of likely N-dealkylation sites (tertiary alicyclic amines) is 1. The second-order valence-electron chi connectivity index (χ2n) is 6.01. The molecule has 0 bridgehead atoms. The molecule has 1 aliphatic rings. The van der Waals surface area contributed by atoms with Crippen molar-refractivity contribution in [2.75, 3.05) is 32.8 Å². The Hall–Kier alpha value is -1.44. The summed E-state index contributed by atoms with van der Waals surface area (Å²) in [5, 5.41) is 5.19. The molecule has 0 aliphatic carbocycles. The van der Waals surface area contributed by atoms with E-state index in [4.69, 9.17) is 4.74 Å². The van der Waals surface area contributed by atoms with Crippen LogP contribution in [0.25, 0.3) is 0 Å². The first-order valence-electron chi connectivity index (χ1n) is 8.53. The third-order valence-electron chi connectivity index (χ3n) is 4.19. The number of halogens is 1. The number of hydrogen-bond acceptors (Lipinski definition) is 5. The van der Waals surface area contributed by atoms with E-state index in [0.29, 0.717) is 18.2 Å². The first-order valence-corrected chi connectivity index (χ1v) is 10.2. The van der Waals surface area contributed by atoms with E-state index in [1.54, 1.807) is 11.6 Å². The van der Waals surface area contributed by atoms with Crippen LogP contribution in [-0.2, 0) is 6.42 Å². The predicted octanol–water partition coefficient (Wildman–Crippen LogP) is 3.35. The van der Waals surface area contributed by atoms with Crippen LogP contribution in [-0.4, -0.2) is 48.6 Å². The predicted molar refractivity (Wildman–Crippen MR) is 103 cm³/mol. The van der Waals surface area contributed by atoms with E-state index in [0.717, 1.165) is 28.8 Å². The summed E-state index contributed by atoms with van der Waals surface area (Å²) in [7, 11) is 0. The fourth-order valence-corrected chi connectivity index (χ4v) is 3.93. The summed E-state index contributed by atoms with van der Waals surface area (Å²) < 4.78 is 6.84. The molecule has 0 radical (unpaired) electrons. The number of carbonyl (C=O) groups is 1. The van der Waals surface area contributed by atoms with Crippen LogP contribution in [0.3, 0.4) is 0 Å². The maximum Gasteiger partial charge on any atom is 0.280 e. The second-order valence-corrected chi connectivity index (χ2v) is 7.75. The van der Waals surface area contributed by atoms with Gasteiger partial charge in [0.1, 0.15) is 12.4 Å². The van der Waals surface area contributed by atoms with E-state index in [2.05, 4.69) is 37.2 Å². The molecule has 1 aromatic carbocycles. The molecule has 0 atom stereocenters. The van der Waals surface area contributed by atoms with Crippen molar-refractivity contribution in [2.45, 2.75) is 19.3 Å². The van der Waals surface area contributed by atoms with E-state index in [1.165, 1.54) is 37.3 Å². The van der Waals surface area contributed by atoms with Crippen molar-refractivity contribution < 1.29 is 9.53 Å². The number of rotatable bonds is 8. The second kappa shape index (κ2) is 9.31. The summed E-state index contributed by atoms with van der Waals surface area (Å²) in [6.07, 6.45) is 5.01. The topological polar surface area (TPSA) is 54.5 Å². The maximum absolute atomic E-state index is 11.8. The van der Waals surface area contributed by atoms with Gasteiger partial charge in [-0.25, -0.2) is 4.98 Å². The number of hydrogen-bond donors (Lipinski definition) is 1. The van der Waals surface area contributed by atoms with Gasteiger partial charge in [0.2, 0.25) is 0 Å². The lowest BCUT2D eigenvalue weighted by atomic mass is 10.1. The Balaban J connectivity index is 1.42. The fraction of sp³-hybridized carbons (Fsp3) is 0.444. The van der Waals surface area contributed by atoms with Crippen molar-refractivity contribution in [1.29, 1.82) is 0 Å². The van der Waals surface area contributed by atoms with Gasteiger partial charge in [-0.05, 0) is 66.0 Å². The van der Waals surface area contributed by atoms with Crippen LogP contribution in [0.15, 0.2) is 34.2 Å². The molecule has 3 rings (SSSR count). The highest BCUT2D eigenvalue weighted by Crippen LogP contribution is 2.26. The van der Waals surface area contributed by atoms with E-state index >= 15 is 0 Å². The number of nitrogens with one attached hydrogen (secondary N) is 1. The van der Waals surface area contributed by atoms with E-state index in [-0.39, 0.29) is 5.91 Å². The van der Waals surface area contributed by atoms with Crippen LogP contribution in [0.1, 0.15) is 28.2 Å². The zero-order valence-electron chi connectivity index (χ0n) is 14.0. The lowest BCUT2D eigenvalue weighted by molar-refractivity contribution is 0.0954. The van der Waals surface area contributed by atoms with Gasteiger partial charge in [0.15, 0.2) is 5.01 Å². The molecule has 1 fully saturated rings. The first-order chi connectivity index (χ1) is 12.2. The van der Waals surface area contributed by atoms with Gasteiger partial charge in [-0.15, -0.1) is 11.3 Å². The molecule has 5 nitrogen and oxygen atoms in total. The number of benzene rings is 1. The summed E-state index contributed by atoms with van der Waals surface area (Å²) in [6.45, 7) is 4.66. The van der Waals surface area contributed by atoms with Crippen molar-refractivity contribution >= 4 is 33.2 Å². The van der Waals surface area contributed by atoms with Gasteiger partial charge in [-0.2, -0.15) is 0 Å². The van der Waals surface area contributed by atoms with Crippen molar-refractivity contribution in [2.24, 2.45) is 0 Å². The van der Waals surface area contributed by atoms with Crippen LogP contribution in [0, 0.1) is 0 Å². The molecule has 1 saturated heterocycles. The summed E-state index contributed by atoms with van der Waals surface area (Å²) in [5.41, 5.74) is 1.15. The average Bonchev–Trinajstić information content (AvgIpc) is 3.30. The fourth-order valence-electron chi connectivity index (χ4n) is 2.84. The Morgan fingerprint density at radius 1 is 1.36 bits per heavy atom. The Morgan fingerprint density at radius 3 is 2.92 bits per heavy atom. The van der Waals surface area contributed by atoms with Gasteiger partial charge in [0.05, 0.1) is 4.47 Å². The molecule has 0 spiro atoms. The normalized spacial score (nSPS) is 14.6. The quantitative estimate of drug-likeness (QED) is 0.706. The molecule has 1 aliphatic heterocycles. The highest BCUT2D eigenvalue weighted by Gasteiger charge is 2.11. The minimum atomic E-state index is -0.115. The Kier molecular flexibility index (Phi) is 6.84. The Bertz CT molecular complexity index is 688. The lowest BCUT2D eigenvalue weighted by Crippen LogP contribution is -2.25. The van der Waals surface area contributed by atoms with Crippen LogP contribution in [0.5, 0.6) is 5.75 Å². The number of amides is 1. The molecule has 1 aromatic heterocycles. The first kappa shape index (κ1) is 18.4. The molecule has 7 heteroatoms. The standard InChI is InChI=1S/C18H22BrN3O2S/c19-15-13-14(5-6-20-17(23)18-21-7-12-25-18)3-4-16(15)24-11-10-22-8-1-2-9-22/h3-4,7,12-13H,1-2,5-6,8-11H2,(H,20,23). The van der Waals surface area contributed by atoms with E-state index in [9.17, 15) is 4.79 Å². The van der Waals surface area contributed by atoms with Crippen molar-refractivity contribution in [3.8, 4) is 5.75 Å². The third-order valence-corrected chi connectivity index (χ3v) is 5.58. The van der Waals surface area contributed by atoms with Crippen molar-refractivity contribution in [3.63, 3.8) is 0 Å². The van der Waals surface area contributed by atoms with Gasteiger partial charge in [0, 0.05) is 24.7 Å². The average molecular weight is 424 g/mol. The number of carbonyl (C=O) groups excluding carboxylic acids is 1. The molecule has 0 saturated carbocycles. The molecule has 0 unspecified atom stereocenters. The SMILES string of the molecule is O=C(NCCc1ccc(OCCN2CCCC2)c(Br)c1)c1nccs1. The van der Waals surface area contributed by atoms with Crippen molar-refractivity contribution in [1.82, 2.24) is 15.2 Å². The number of thiazole rings is 1. The molecule has 25 heavy (non-hydrogen) atoms. The highest BCUT2D eigenvalue weighted by atomic mass is 79.9. The third kappa shape index (κ3) is 5.52. The molecular weight excluding hydrogens is 402 g/mol. The van der Waals surface area contributed by atoms with Crippen LogP contribution < -0.4 is 10.1 Å². The summed E-state index contributed by atoms with van der Waals surface area (Å²) >= 11 is 4.93. The smallest absolute Gasteiger partial charge is 0.280 e. The minimum Gasteiger partial charge on any atom is -0.491 e. The zero-order valence-corrected chi connectivity index (χ0v) is 16.4. The van der Waals surface area contributed by atoms with Gasteiger partial charge in [-0.3, -0.25) is 9.69 Å². The molecular formula is C18H22BrN3O2S. The van der Waals surface area contributed by atoms with Crippen LogP contribution in [0.4, 0.5) is 0 Å². The highest BCUT2D eigenvalue weighted by molar-refractivity contribution is 9.10. The van der Waals surface area contributed by atoms with Crippen molar-refractivity contribution in [3.05, 3.63) is 44.8 Å². The summed E-state index contributed by atoms with van der Waals surface area (Å²) in [6, 6.07) is 6.10. The van der Waals surface area contributed by atoms with Gasteiger partial charge in [-0.1, -0.05) is 6.07 Å². The monoisotopic (exact) mass is 423 g/mol. The largest absolute Gasteiger partial charge is 0.491 e. The Morgan fingerprint density at radius 2 is 2.20 bits per heavy atom. The van der Waals surface area contributed by atoms with Gasteiger partial charge in [0.25, 0.3) is 5.91 Å². The van der Waals surface area contributed by atoms with Gasteiger partial charge < -0.3 is 10.1 Å². The number of aromatic nitrogens is 1.